The largest absolute Gasteiger partial charge is 0.507 e. The highest BCUT2D eigenvalue weighted by Gasteiger charge is 2.20. The van der Waals surface area contributed by atoms with E-state index in [-0.39, 0.29) is 41.7 Å². The van der Waals surface area contributed by atoms with Gasteiger partial charge in [-0.25, -0.2) is 4.98 Å². The van der Waals surface area contributed by atoms with Gasteiger partial charge in [-0.1, -0.05) is 41.9 Å². The zero-order valence-electron chi connectivity index (χ0n) is 19.5. The summed E-state index contributed by atoms with van der Waals surface area (Å²) in [6, 6.07) is 23.7. The number of pyridine rings is 1. The third-order valence-electron chi connectivity index (χ3n) is 5.46. The lowest BCUT2D eigenvalue weighted by atomic mass is 9.97. The number of carbonyl (C=O) groups is 2. The quantitative estimate of drug-likeness (QED) is 0.269. The molecule has 0 fully saturated rings. The Morgan fingerprint density at radius 2 is 1.76 bits per heavy atom. The molecule has 184 valence electrons. The summed E-state index contributed by atoms with van der Waals surface area (Å²) in [6.45, 7) is 0.214. The Kier molecular flexibility index (Phi) is 7.79. The summed E-state index contributed by atoms with van der Waals surface area (Å²) in [5.74, 6) is -0.752. The van der Waals surface area contributed by atoms with Crippen LogP contribution in [0, 0.1) is 11.3 Å². The third kappa shape index (κ3) is 5.93. The van der Waals surface area contributed by atoms with Crippen molar-refractivity contribution in [3.8, 4) is 34.2 Å². The molecule has 3 aromatic carbocycles. The van der Waals surface area contributed by atoms with Crippen LogP contribution in [0.4, 0.5) is 11.5 Å². The van der Waals surface area contributed by atoms with Crippen molar-refractivity contribution in [1.29, 1.82) is 5.26 Å². The molecule has 0 saturated heterocycles. The van der Waals surface area contributed by atoms with Crippen molar-refractivity contribution in [1.82, 2.24) is 4.98 Å². The number of hydrogen-bond acceptors (Lipinski definition) is 6. The number of nitrogens with one attached hydrogen (secondary N) is 2. The zero-order chi connectivity index (χ0) is 26.4. The molecule has 5 N–H and O–H groups in total. The molecule has 4 rings (SSSR count). The maximum absolute atomic E-state index is 12.9. The lowest BCUT2D eigenvalue weighted by Gasteiger charge is -2.15. The molecule has 0 aliphatic carbocycles. The Bertz CT molecular complexity index is 1520. The molecular weight excluding hydrogens is 490 g/mol. The lowest BCUT2D eigenvalue weighted by molar-refractivity contribution is -0.116. The van der Waals surface area contributed by atoms with Crippen molar-refractivity contribution >= 4 is 34.9 Å². The highest BCUT2D eigenvalue weighted by atomic mass is 35.5. The summed E-state index contributed by atoms with van der Waals surface area (Å²) < 4.78 is 0. The topological polar surface area (TPSA) is 141 Å². The number of phenolic OH excluding ortho intramolecular Hbond substituents is 1. The summed E-state index contributed by atoms with van der Waals surface area (Å²) >= 11 is 6.17. The zero-order valence-corrected chi connectivity index (χ0v) is 20.3. The fourth-order valence-corrected chi connectivity index (χ4v) is 3.89. The van der Waals surface area contributed by atoms with Gasteiger partial charge in [-0.3, -0.25) is 9.59 Å². The number of nitrogens with two attached hydrogens (primary N) is 1. The van der Waals surface area contributed by atoms with Gasteiger partial charge < -0.3 is 21.5 Å². The van der Waals surface area contributed by atoms with Gasteiger partial charge in [0.25, 0.3) is 5.91 Å². The minimum absolute atomic E-state index is 0.0146. The molecule has 1 heterocycles. The van der Waals surface area contributed by atoms with Gasteiger partial charge in [-0.05, 0) is 54.1 Å². The van der Waals surface area contributed by atoms with Gasteiger partial charge in [0, 0.05) is 40.4 Å². The van der Waals surface area contributed by atoms with Gasteiger partial charge in [0.1, 0.15) is 17.4 Å². The molecule has 0 atom stereocenters. The molecule has 0 aliphatic heterocycles. The number of anilines is 2. The molecule has 1 aromatic heterocycles. The molecule has 0 saturated carbocycles. The van der Waals surface area contributed by atoms with Gasteiger partial charge in [0.15, 0.2) is 5.82 Å². The summed E-state index contributed by atoms with van der Waals surface area (Å²) in [5, 5.41) is 26.5. The first-order valence-electron chi connectivity index (χ1n) is 11.3. The average molecular weight is 512 g/mol. The van der Waals surface area contributed by atoms with Gasteiger partial charge in [0.2, 0.25) is 5.91 Å². The number of nitrogens with zero attached hydrogens (tertiary/aromatic N) is 2. The van der Waals surface area contributed by atoms with E-state index in [1.54, 1.807) is 66.7 Å². The van der Waals surface area contributed by atoms with E-state index in [0.717, 1.165) is 0 Å². The van der Waals surface area contributed by atoms with Crippen LogP contribution in [0.2, 0.25) is 5.02 Å². The second kappa shape index (κ2) is 11.4. The van der Waals surface area contributed by atoms with E-state index >= 15 is 0 Å². The lowest BCUT2D eigenvalue weighted by Crippen LogP contribution is -2.16. The van der Waals surface area contributed by atoms with Gasteiger partial charge >= 0.3 is 0 Å². The number of carbonyl (C=O) groups excluding carboxylic acids is 2. The predicted octanol–water partition coefficient (Wildman–Crippen LogP) is 5.19. The third-order valence-corrected chi connectivity index (χ3v) is 5.70. The van der Waals surface area contributed by atoms with Crippen LogP contribution in [0.1, 0.15) is 22.3 Å². The normalized spacial score (nSPS) is 10.4. The van der Waals surface area contributed by atoms with E-state index < -0.39 is 5.91 Å². The number of amides is 2. The first kappa shape index (κ1) is 25.4. The van der Waals surface area contributed by atoms with Crippen molar-refractivity contribution in [2.45, 2.75) is 6.42 Å². The average Bonchev–Trinajstić information content (AvgIpc) is 2.90. The number of halogens is 1. The Hall–Kier alpha value is -4.71. The van der Waals surface area contributed by atoms with Crippen LogP contribution in [0.25, 0.3) is 22.4 Å². The van der Waals surface area contributed by atoms with Crippen molar-refractivity contribution in [2.24, 2.45) is 5.73 Å². The Balaban J connectivity index is 1.87. The number of benzene rings is 3. The minimum atomic E-state index is -0.453. The van der Waals surface area contributed by atoms with Gasteiger partial charge in [-0.2, -0.15) is 5.26 Å². The Morgan fingerprint density at radius 1 is 0.973 bits per heavy atom. The summed E-state index contributed by atoms with van der Waals surface area (Å²) in [7, 11) is 0. The first-order valence-corrected chi connectivity index (χ1v) is 11.7. The maximum Gasteiger partial charge on any atom is 0.256 e. The summed E-state index contributed by atoms with van der Waals surface area (Å²) in [5.41, 5.74) is 8.10. The van der Waals surface area contributed by atoms with Gasteiger partial charge in [0.05, 0.1) is 5.69 Å². The van der Waals surface area contributed by atoms with Gasteiger partial charge in [-0.15, -0.1) is 0 Å². The summed E-state index contributed by atoms with van der Waals surface area (Å²) in [4.78, 5) is 29.5. The molecule has 0 spiro atoms. The van der Waals surface area contributed by atoms with E-state index in [4.69, 9.17) is 17.3 Å². The van der Waals surface area contributed by atoms with E-state index in [1.807, 2.05) is 0 Å². The van der Waals surface area contributed by atoms with Crippen molar-refractivity contribution in [2.75, 3.05) is 17.2 Å². The molecule has 37 heavy (non-hydrogen) atoms. The number of phenols is 1. The fraction of sp³-hybridized carbons (Fsp3) is 0.0714. The van der Waals surface area contributed by atoms with Crippen molar-refractivity contribution in [3.63, 3.8) is 0 Å². The highest BCUT2D eigenvalue weighted by Crippen LogP contribution is 2.37. The highest BCUT2D eigenvalue weighted by molar-refractivity contribution is 6.31. The Labute approximate surface area is 218 Å². The van der Waals surface area contributed by atoms with Crippen LogP contribution in [0.5, 0.6) is 5.75 Å². The SMILES string of the molecule is N#Cc1c(-c2cccc(NC(=O)CCN)c2)cc(-c2cc(Cl)ccc2O)nc1NC(=O)c1ccccc1. The number of rotatable bonds is 7. The van der Waals surface area contributed by atoms with Crippen molar-refractivity contribution in [3.05, 3.63) is 95.0 Å². The van der Waals surface area contributed by atoms with E-state index in [2.05, 4.69) is 21.7 Å². The number of aromatic hydroxyl groups is 1. The molecule has 0 unspecified atom stereocenters. The van der Waals surface area contributed by atoms with Crippen LogP contribution in [0.15, 0.2) is 78.9 Å². The van der Waals surface area contributed by atoms with E-state index in [1.165, 1.54) is 12.1 Å². The smallest absolute Gasteiger partial charge is 0.256 e. The first-order chi connectivity index (χ1) is 17.9. The van der Waals surface area contributed by atoms with Crippen LogP contribution < -0.4 is 16.4 Å². The monoisotopic (exact) mass is 511 g/mol. The standard InChI is InChI=1S/C28H22ClN5O3/c29-19-9-10-25(35)22(14-19)24-15-21(18-7-4-8-20(13-18)32-26(36)11-12-30)23(16-31)27(33-24)34-28(37)17-5-2-1-3-6-17/h1-10,13-15,35H,11-12,30H2,(H,32,36)(H,33,34,37). The Morgan fingerprint density at radius 3 is 2.49 bits per heavy atom. The fourth-order valence-electron chi connectivity index (χ4n) is 3.72. The molecule has 0 radical (unpaired) electrons. The van der Waals surface area contributed by atoms with Crippen LogP contribution in [-0.4, -0.2) is 28.4 Å². The number of nitriles is 1. The van der Waals surface area contributed by atoms with Crippen LogP contribution in [0.3, 0.4) is 0 Å². The minimum Gasteiger partial charge on any atom is -0.507 e. The second-order valence-corrected chi connectivity index (χ2v) is 8.48. The maximum atomic E-state index is 12.9. The van der Waals surface area contributed by atoms with Crippen molar-refractivity contribution < 1.29 is 14.7 Å². The molecule has 9 heteroatoms. The molecule has 0 bridgehead atoms. The summed E-state index contributed by atoms with van der Waals surface area (Å²) in [6.07, 6.45) is 0.163. The van der Waals surface area contributed by atoms with Crippen LogP contribution >= 0.6 is 11.6 Å². The predicted molar refractivity (Wildman–Crippen MR) is 143 cm³/mol. The number of aromatic nitrogens is 1. The molecular formula is C28H22ClN5O3. The van der Waals surface area contributed by atoms with E-state index in [9.17, 15) is 20.0 Å². The molecule has 4 aromatic rings. The molecule has 8 nitrogen and oxygen atoms in total. The van der Waals surface area contributed by atoms with Crippen LogP contribution in [-0.2, 0) is 4.79 Å². The molecule has 2 amide bonds. The second-order valence-electron chi connectivity index (χ2n) is 8.04. The number of hydrogen-bond donors (Lipinski definition) is 4. The molecule has 0 aliphatic rings. The van der Waals surface area contributed by atoms with E-state index in [0.29, 0.717) is 33.0 Å².